The van der Waals surface area contributed by atoms with Gasteiger partial charge in [0.2, 0.25) is 0 Å². The van der Waals surface area contributed by atoms with Crippen LogP contribution in [0.15, 0.2) is 30.3 Å². The zero-order chi connectivity index (χ0) is 11.0. The molecule has 16 heavy (non-hydrogen) atoms. The summed E-state index contributed by atoms with van der Waals surface area (Å²) in [5.74, 6) is 0.888. The van der Waals surface area contributed by atoms with Crippen LogP contribution < -0.4 is 5.32 Å². The summed E-state index contributed by atoms with van der Waals surface area (Å²) in [6, 6.07) is 12.2. The lowest BCUT2D eigenvalue weighted by molar-refractivity contribution is 0.238. The van der Waals surface area contributed by atoms with E-state index in [-0.39, 0.29) is 0 Å². The van der Waals surface area contributed by atoms with E-state index < -0.39 is 0 Å². The van der Waals surface area contributed by atoms with E-state index in [4.69, 9.17) is 0 Å². The molecule has 2 aliphatic rings. The molecule has 2 nitrogen and oxygen atoms in total. The van der Waals surface area contributed by atoms with Crippen LogP contribution in [0.1, 0.15) is 18.9 Å². The quantitative estimate of drug-likeness (QED) is 0.812. The first-order chi connectivity index (χ1) is 7.84. The van der Waals surface area contributed by atoms with Crippen molar-refractivity contribution in [2.24, 2.45) is 5.92 Å². The summed E-state index contributed by atoms with van der Waals surface area (Å²) in [7, 11) is 0. The molecule has 2 fully saturated rings. The molecule has 86 valence electrons. The second kappa shape index (κ2) is 4.19. The largest absolute Gasteiger partial charge is 0.312 e. The van der Waals surface area contributed by atoms with Gasteiger partial charge in [0.15, 0.2) is 0 Å². The minimum absolute atomic E-state index is 0.688. The van der Waals surface area contributed by atoms with Crippen molar-refractivity contribution in [1.29, 1.82) is 0 Å². The van der Waals surface area contributed by atoms with E-state index in [0.717, 1.165) is 18.5 Å². The number of likely N-dealkylation sites (tertiary alicyclic amines) is 1. The number of nitrogens with zero attached hydrogens (tertiary/aromatic N) is 1. The van der Waals surface area contributed by atoms with Crippen molar-refractivity contribution in [2.75, 3.05) is 13.1 Å². The van der Waals surface area contributed by atoms with Crippen LogP contribution in [0.5, 0.6) is 0 Å². The molecule has 2 heteroatoms. The summed E-state index contributed by atoms with van der Waals surface area (Å²) < 4.78 is 0. The fourth-order valence-corrected chi connectivity index (χ4v) is 3.27. The lowest BCUT2D eigenvalue weighted by Crippen LogP contribution is -2.38. The lowest BCUT2D eigenvalue weighted by Gasteiger charge is -2.24. The Kier molecular flexibility index (Phi) is 2.70. The molecule has 2 aliphatic heterocycles. The van der Waals surface area contributed by atoms with E-state index in [1.54, 1.807) is 0 Å². The van der Waals surface area contributed by atoms with Gasteiger partial charge in [0.1, 0.15) is 0 Å². The number of rotatable bonds is 2. The topological polar surface area (TPSA) is 15.3 Å². The number of nitrogens with one attached hydrogen (secondary N) is 1. The maximum absolute atomic E-state index is 3.64. The van der Waals surface area contributed by atoms with Crippen LogP contribution in [0, 0.1) is 5.92 Å². The minimum atomic E-state index is 0.688. The predicted octanol–water partition coefficient (Wildman–Crippen LogP) is 1.87. The first kappa shape index (κ1) is 10.3. The molecule has 2 heterocycles. The number of hydrogen-bond acceptors (Lipinski definition) is 2. The number of hydrogen-bond donors (Lipinski definition) is 1. The highest BCUT2D eigenvalue weighted by Crippen LogP contribution is 2.30. The van der Waals surface area contributed by atoms with Crippen molar-refractivity contribution in [3.05, 3.63) is 35.9 Å². The van der Waals surface area contributed by atoms with Crippen LogP contribution in [0.3, 0.4) is 0 Å². The lowest BCUT2D eigenvalue weighted by atomic mass is 10.0. The molecule has 0 unspecified atom stereocenters. The van der Waals surface area contributed by atoms with Gasteiger partial charge in [-0.1, -0.05) is 30.3 Å². The summed E-state index contributed by atoms with van der Waals surface area (Å²) in [6.45, 7) is 5.97. The van der Waals surface area contributed by atoms with Gasteiger partial charge in [-0.25, -0.2) is 0 Å². The average Bonchev–Trinajstić information content (AvgIpc) is 2.86. The summed E-state index contributed by atoms with van der Waals surface area (Å²) in [5.41, 5.74) is 1.44. The highest BCUT2D eigenvalue weighted by Gasteiger charge is 2.41. The Labute approximate surface area is 97.6 Å². The number of fused-ring (bicyclic) bond motifs is 1. The van der Waals surface area contributed by atoms with E-state index >= 15 is 0 Å². The molecule has 0 saturated carbocycles. The third-order valence-corrected chi connectivity index (χ3v) is 4.20. The van der Waals surface area contributed by atoms with Gasteiger partial charge in [0, 0.05) is 25.2 Å². The predicted molar refractivity (Wildman–Crippen MR) is 66.2 cm³/mol. The monoisotopic (exact) mass is 216 g/mol. The van der Waals surface area contributed by atoms with E-state index in [9.17, 15) is 0 Å². The van der Waals surface area contributed by atoms with Gasteiger partial charge in [-0.2, -0.15) is 0 Å². The van der Waals surface area contributed by atoms with Gasteiger partial charge in [0.05, 0.1) is 0 Å². The van der Waals surface area contributed by atoms with Crippen LogP contribution in [0.25, 0.3) is 0 Å². The van der Waals surface area contributed by atoms with Crippen molar-refractivity contribution < 1.29 is 0 Å². The van der Waals surface area contributed by atoms with Crippen LogP contribution in [-0.4, -0.2) is 30.1 Å². The minimum Gasteiger partial charge on any atom is -0.312 e. The van der Waals surface area contributed by atoms with E-state index in [1.807, 2.05) is 0 Å². The molecular formula is C14H20N2. The Hall–Kier alpha value is -0.860. The standard InChI is InChI=1S/C14H20N2/c1-11-14-13(7-8-15-14)10-16(11)9-12-5-3-2-4-6-12/h2-6,11,13-15H,7-10H2,1H3/t11-,13+,14-/m1/s1. The molecule has 3 rings (SSSR count). The molecule has 3 atom stereocenters. The molecule has 0 bridgehead atoms. The van der Waals surface area contributed by atoms with Crippen LogP contribution >= 0.6 is 0 Å². The normalized spacial score (nSPS) is 34.2. The summed E-state index contributed by atoms with van der Waals surface area (Å²) in [4.78, 5) is 2.62. The smallest absolute Gasteiger partial charge is 0.0261 e. The zero-order valence-electron chi connectivity index (χ0n) is 9.89. The summed E-state index contributed by atoms with van der Waals surface area (Å²) in [5, 5.41) is 3.64. The fourth-order valence-electron chi connectivity index (χ4n) is 3.27. The van der Waals surface area contributed by atoms with Gasteiger partial charge >= 0.3 is 0 Å². The maximum Gasteiger partial charge on any atom is 0.0261 e. The molecular weight excluding hydrogens is 196 g/mol. The molecule has 1 N–H and O–H groups in total. The van der Waals surface area contributed by atoms with Gasteiger partial charge in [0.25, 0.3) is 0 Å². The van der Waals surface area contributed by atoms with Crippen molar-refractivity contribution in [3.63, 3.8) is 0 Å². The molecule has 0 aromatic heterocycles. The highest BCUT2D eigenvalue weighted by atomic mass is 15.2. The van der Waals surface area contributed by atoms with Crippen molar-refractivity contribution in [3.8, 4) is 0 Å². The molecule has 0 radical (unpaired) electrons. The first-order valence-corrected chi connectivity index (χ1v) is 6.36. The van der Waals surface area contributed by atoms with Crippen LogP contribution in [-0.2, 0) is 6.54 Å². The second-order valence-corrected chi connectivity index (χ2v) is 5.18. The highest BCUT2D eigenvalue weighted by molar-refractivity contribution is 5.15. The van der Waals surface area contributed by atoms with E-state index in [1.165, 1.54) is 25.1 Å². The summed E-state index contributed by atoms with van der Waals surface area (Å²) >= 11 is 0. The molecule has 0 amide bonds. The molecule has 2 saturated heterocycles. The Morgan fingerprint density at radius 3 is 2.88 bits per heavy atom. The maximum atomic E-state index is 3.64. The van der Waals surface area contributed by atoms with E-state index in [0.29, 0.717) is 6.04 Å². The van der Waals surface area contributed by atoms with Crippen molar-refractivity contribution in [2.45, 2.75) is 32.0 Å². The molecule has 0 spiro atoms. The van der Waals surface area contributed by atoms with Crippen LogP contribution in [0.2, 0.25) is 0 Å². The summed E-state index contributed by atoms with van der Waals surface area (Å²) in [6.07, 6.45) is 1.36. The van der Waals surface area contributed by atoms with Gasteiger partial charge in [-0.15, -0.1) is 0 Å². The third kappa shape index (κ3) is 1.76. The molecule has 1 aromatic carbocycles. The SMILES string of the molecule is C[C@@H]1[C@H]2NCC[C@H]2CN1Cc1ccccc1. The first-order valence-electron chi connectivity index (χ1n) is 6.36. The van der Waals surface area contributed by atoms with Crippen LogP contribution in [0.4, 0.5) is 0 Å². The molecule has 1 aromatic rings. The van der Waals surface area contributed by atoms with Crippen molar-refractivity contribution >= 4 is 0 Å². The Morgan fingerprint density at radius 2 is 2.12 bits per heavy atom. The van der Waals surface area contributed by atoms with Gasteiger partial charge in [-0.3, -0.25) is 4.90 Å². The fraction of sp³-hybridized carbons (Fsp3) is 0.571. The Bertz CT molecular complexity index is 349. The second-order valence-electron chi connectivity index (χ2n) is 5.18. The van der Waals surface area contributed by atoms with Gasteiger partial charge < -0.3 is 5.32 Å². The van der Waals surface area contributed by atoms with E-state index in [2.05, 4.69) is 47.5 Å². The Balaban J connectivity index is 1.69. The third-order valence-electron chi connectivity index (χ3n) is 4.20. The number of benzene rings is 1. The Morgan fingerprint density at radius 1 is 1.31 bits per heavy atom. The van der Waals surface area contributed by atoms with Gasteiger partial charge in [-0.05, 0) is 31.4 Å². The molecule has 0 aliphatic carbocycles. The average molecular weight is 216 g/mol. The zero-order valence-corrected chi connectivity index (χ0v) is 9.89. The van der Waals surface area contributed by atoms with Crippen molar-refractivity contribution in [1.82, 2.24) is 10.2 Å².